The Kier molecular flexibility index (Phi) is 5.07. The van der Waals surface area contributed by atoms with Crippen molar-refractivity contribution < 1.29 is 4.79 Å². The highest BCUT2D eigenvalue weighted by molar-refractivity contribution is 7.10. The second-order valence-corrected chi connectivity index (χ2v) is 4.87. The molecule has 0 unspecified atom stereocenters. The third-order valence-corrected chi connectivity index (χ3v) is 3.23. The molecule has 0 spiro atoms. The number of nitrogens with one attached hydrogen (secondary N) is 1. The summed E-state index contributed by atoms with van der Waals surface area (Å²) in [5, 5.41) is 5.81. The largest absolute Gasteiger partial charge is 0.273 e. The Balaban J connectivity index is 1.74. The molecule has 1 aromatic carbocycles. The summed E-state index contributed by atoms with van der Waals surface area (Å²) < 4.78 is 0. The van der Waals surface area contributed by atoms with E-state index < -0.39 is 0 Å². The van der Waals surface area contributed by atoms with Gasteiger partial charge in [-0.15, -0.1) is 11.3 Å². The van der Waals surface area contributed by atoms with Crippen LogP contribution in [0, 0.1) is 0 Å². The Bertz CT molecular complexity index is 559. The lowest BCUT2D eigenvalue weighted by atomic mass is 10.2. The number of allylic oxidation sites excluding steroid dienone is 1. The molecular formula is C15H14N2OS. The Morgan fingerprint density at radius 1 is 1.21 bits per heavy atom. The van der Waals surface area contributed by atoms with Gasteiger partial charge in [-0.2, -0.15) is 5.10 Å². The van der Waals surface area contributed by atoms with Crippen LogP contribution in [0.25, 0.3) is 6.08 Å². The standard InChI is InChI=1S/C15H14N2OS/c18-15(12-14-9-5-11-19-14)17-16-10-4-8-13-6-2-1-3-7-13/h1-11H,12H2,(H,17,18)/b8-4+,16-10+. The number of amides is 1. The van der Waals surface area contributed by atoms with Crippen LogP contribution in [-0.4, -0.2) is 12.1 Å². The van der Waals surface area contributed by atoms with E-state index >= 15 is 0 Å². The fourth-order valence-corrected chi connectivity index (χ4v) is 2.19. The average Bonchev–Trinajstić information content (AvgIpc) is 2.92. The summed E-state index contributed by atoms with van der Waals surface area (Å²) in [6.45, 7) is 0. The van der Waals surface area contributed by atoms with E-state index in [-0.39, 0.29) is 5.91 Å². The van der Waals surface area contributed by atoms with Crippen molar-refractivity contribution in [1.82, 2.24) is 5.43 Å². The zero-order valence-electron chi connectivity index (χ0n) is 10.3. The lowest BCUT2D eigenvalue weighted by Crippen LogP contribution is -2.18. The van der Waals surface area contributed by atoms with E-state index in [1.54, 1.807) is 23.6 Å². The molecule has 1 aromatic heterocycles. The lowest BCUT2D eigenvalue weighted by molar-refractivity contribution is -0.120. The SMILES string of the molecule is O=C(Cc1cccs1)N/N=C/C=C/c1ccccc1. The van der Waals surface area contributed by atoms with E-state index in [2.05, 4.69) is 10.5 Å². The monoisotopic (exact) mass is 270 g/mol. The molecule has 4 heteroatoms. The van der Waals surface area contributed by atoms with Crippen LogP contribution in [0.2, 0.25) is 0 Å². The van der Waals surface area contributed by atoms with Crippen molar-refractivity contribution in [2.45, 2.75) is 6.42 Å². The molecular weight excluding hydrogens is 256 g/mol. The minimum Gasteiger partial charge on any atom is -0.273 e. The minimum atomic E-state index is -0.105. The Hall–Kier alpha value is -2.20. The van der Waals surface area contributed by atoms with Crippen LogP contribution in [0.3, 0.4) is 0 Å². The first-order chi connectivity index (χ1) is 9.34. The summed E-state index contributed by atoms with van der Waals surface area (Å²) in [7, 11) is 0. The van der Waals surface area contributed by atoms with Crippen LogP contribution in [0.4, 0.5) is 0 Å². The zero-order chi connectivity index (χ0) is 13.3. The van der Waals surface area contributed by atoms with Crippen LogP contribution in [0.15, 0.2) is 59.0 Å². The van der Waals surface area contributed by atoms with Gasteiger partial charge in [-0.3, -0.25) is 4.79 Å². The number of benzene rings is 1. The minimum absolute atomic E-state index is 0.105. The van der Waals surface area contributed by atoms with Crippen molar-refractivity contribution in [3.8, 4) is 0 Å². The van der Waals surface area contributed by atoms with E-state index in [0.717, 1.165) is 10.4 Å². The Morgan fingerprint density at radius 3 is 2.79 bits per heavy atom. The number of hydrogen-bond acceptors (Lipinski definition) is 3. The molecule has 0 aliphatic carbocycles. The molecule has 0 bridgehead atoms. The molecule has 0 saturated heterocycles. The van der Waals surface area contributed by atoms with Gasteiger partial charge >= 0.3 is 0 Å². The van der Waals surface area contributed by atoms with Gasteiger partial charge < -0.3 is 0 Å². The summed E-state index contributed by atoms with van der Waals surface area (Å²) in [5.41, 5.74) is 3.59. The number of thiophene rings is 1. The molecule has 0 aliphatic rings. The molecule has 19 heavy (non-hydrogen) atoms. The predicted molar refractivity (Wildman–Crippen MR) is 80.1 cm³/mol. The molecule has 1 heterocycles. The third kappa shape index (κ3) is 4.89. The molecule has 0 atom stereocenters. The topological polar surface area (TPSA) is 41.5 Å². The summed E-state index contributed by atoms with van der Waals surface area (Å²) in [5.74, 6) is -0.105. The maximum atomic E-state index is 11.5. The maximum Gasteiger partial charge on any atom is 0.245 e. The Labute approximate surface area is 116 Å². The number of hydrazone groups is 1. The van der Waals surface area contributed by atoms with E-state index in [9.17, 15) is 4.79 Å². The van der Waals surface area contributed by atoms with Crippen molar-refractivity contribution in [1.29, 1.82) is 0 Å². The van der Waals surface area contributed by atoms with Crippen LogP contribution in [0.1, 0.15) is 10.4 Å². The van der Waals surface area contributed by atoms with Crippen molar-refractivity contribution in [2.24, 2.45) is 5.10 Å². The molecule has 0 aliphatic heterocycles. The summed E-state index contributed by atoms with van der Waals surface area (Å²) >= 11 is 1.57. The fraction of sp³-hybridized carbons (Fsp3) is 0.0667. The highest BCUT2D eigenvalue weighted by atomic mass is 32.1. The van der Waals surface area contributed by atoms with Crippen molar-refractivity contribution in [3.63, 3.8) is 0 Å². The number of carbonyl (C=O) groups excluding carboxylic acids is 1. The van der Waals surface area contributed by atoms with Gasteiger partial charge in [0, 0.05) is 11.1 Å². The van der Waals surface area contributed by atoms with Gasteiger partial charge in [0.05, 0.1) is 6.42 Å². The maximum absolute atomic E-state index is 11.5. The van der Waals surface area contributed by atoms with Crippen molar-refractivity contribution in [2.75, 3.05) is 0 Å². The van der Waals surface area contributed by atoms with Gasteiger partial charge in [0.2, 0.25) is 5.91 Å². The fourth-order valence-electron chi connectivity index (χ4n) is 1.48. The predicted octanol–water partition coefficient (Wildman–Crippen LogP) is 3.11. The number of carbonyl (C=O) groups is 1. The van der Waals surface area contributed by atoms with Gasteiger partial charge in [0.1, 0.15) is 0 Å². The smallest absolute Gasteiger partial charge is 0.245 e. The lowest BCUT2D eigenvalue weighted by Gasteiger charge is -1.95. The van der Waals surface area contributed by atoms with Gasteiger partial charge in [0.15, 0.2) is 0 Å². The first-order valence-electron chi connectivity index (χ1n) is 5.90. The van der Waals surface area contributed by atoms with E-state index in [1.165, 1.54) is 0 Å². The number of rotatable bonds is 5. The van der Waals surface area contributed by atoms with Gasteiger partial charge in [-0.1, -0.05) is 42.5 Å². The average molecular weight is 270 g/mol. The van der Waals surface area contributed by atoms with Gasteiger partial charge in [0.25, 0.3) is 0 Å². The molecule has 2 aromatic rings. The van der Waals surface area contributed by atoms with Crippen LogP contribution in [0.5, 0.6) is 0 Å². The summed E-state index contributed by atoms with van der Waals surface area (Å²) in [6.07, 6.45) is 5.66. The number of hydrogen-bond donors (Lipinski definition) is 1. The Morgan fingerprint density at radius 2 is 2.05 bits per heavy atom. The number of nitrogens with zero attached hydrogens (tertiary/aromatic N) is 1. The molecule has 0 fully saturated rings. The molecule has 1 N–H and O–H groups in total. The molecule has 2 rings (SSSR count). The highest BCUT2D eigenvalue weighted by Crippen LogP contribution is 2.08. The van der Waals surface area contributed by atoms with Crippen LogP contribution >= 0.6 is 11.3 Å². The molecule has 0 radical (unpaired) electrons. The molecule has 1 amide bonds. The van der Waals surface area contributed by atoms with Crippen LogP contribution < -0.4 is 5.43 Å². The first kappa shape index (κ1) is 13.2. The summed E-state index contributed by atoms with van der Waals surface area (Å²) in [6, 6.07) is 13.8. The van der Waals surface area contributed by atoms with Crippen molar-refractivity contribution >= 4 is 29.5 Å². The first-order valence-corrected chi connectivity index (χ1v) is 6.78. The normalized spacial score (nSPS) is 11.2. The molecule has 0 saturated carbocycles. The second kappa shape index (κ2) is 7.28. The quantitative estimate of drug-likeness (QED) is 0.658. The van der Waals surface area contributed by atoms with Crippen molar-refractivity contribution in [3.05, 3.63) is 64.4 Å². The zero-order valence-corrected chi connectivity index (χ0v) is 11.1. The highest BCUT2D eigenvalue weighted by Gasteiger charge is 2.01. The molecule has 3 nitrogen and oxygen atoms in total. The van der Waals surface area contributed by atoms with Gasteiger partial charge in [-0.05, 0) is 23.1 Å². The molecule has 96 valence electrons. The van der Waals surface area contributed by atoms with Crippen LogP contribution in [-0.2, 0) is 11.2 Å². The van der Waals surface area contributed by atoms with E-state index in [1.807, 2.05) is 53.9 Å². The second-order valence-electron chi connectivity index (χ2n) is 3.84. The van der Waals surface area contributed by atoms with Gasteiger partial charge in [-0.25, -0.2) is 5.43 Å². The third-order valence-electron chi connectivity index (χ3n) is 2.35. The summed E-state index contributed by atoms with van der Waals surface area (Å²) in [4.78, 5) is 12.5. The van der Waals surface area contributed by atoms with E-state index in [4.69, 9.17) is 0 Å². The van der Waals surface area contributed by atoms with E-state index in [0.29, 0.717) is 6.42 Å².